The van der Waals surface area contributed by atoms with Crippen molar-refractivity contribution in [3.63, 3.8) is 0 Å². The van der Waals surface area contributed by atoms with E-state index in [1.807, 2.05) is 13.8 Å². The van der Waals surface area contributed by atoms with Gasteiger partial charge in [0.1, 0.15) is 0 Å². The Kier molecular flexibility index (Phi) is 4.45. The van der Waals surface area contributed by atoms with Crippen molar-refractivity contribution in [1.29, 1.82) is 0 Å². The maximum Gasteiger partial charge on any atom is 0.0591 e. The lowest BCUT2D eigenvalue weighted by molar-refractivity contribution is 0.0690. The van der Waals surface area contributed by atoms with E-state index in [1.54, 1.807) is 5.57 Å². The zero-order valence-corrected chi connectivity index (χ0v) is 13.3. The smallest absolute Gasteiger partial charge is 0.0591 e. The average molecular weight is 264 g/mol. The van der Waals surface area contributed by atoms with E-state index in [0.717, 1.165) is 31.1 Å². The molecule has 0 heterocycles. The van der Waals surface area contributed by atoms with Gasteiger partial charge in [0.25, 0.3) is 0 Å². The fourth-order valence-corrected chi connectivity index (χ4v) is 4.55. The average Bonchev–Trinajstić information content (AvgIpc) is 2.62. The zero-order valence-electron chi connectivity index (χ0n) is 13.3. The highest BCUT2D eigenvalue weighted by Crippen LogP contribution is 2.57. The first-order valence-electron chi connectivity index (χ1n) is 8.25. The van der Waals surface area contributed by atoms with Crippen LogP contribution in [0.5, 0.6) is 0 Å². The number of hydrogen-bond acceptors (Lipinski definition) is 1. The molecule has 0 aliphatic heterocycles. The number of hydrogen-bond donors (Lipinski definition) is 1. The fraction of sp³-hybridized carbons (Fsp3) is 0.889. The van der Waals surface area contributed by atoms with Crippen LogP contribution in [0.15, 0.2) is 11.6 Å². The SMILES string of the molecule is CC1CCCC2(C)C(=CCCCC(C)(C)O)CCC12. The van der Waals surface area contributed by atoms with Gasteiger partial charge in [0.15, 0.2) is 0 Å². The van der Waals surface area contributed by atoms with Crippen LogP contribution in [0.3, 0.4) is 0 Å². The molecule has 1 heteroatoms. The van der Waals surface area contributed by atoms with Crippen LogP contribution < -0.4 is 0 Å². The minimum absolute atomic E-state index is 0.500. The third-order valence-corrected chi connectivity index (χ3v) is 5.70. The number of allylic oxidation sites excluding steroid dienone is 2. The summed E-state index contributed by atoms with van der Waals surface area (Å²) in [4.78, 5) is 0. The Morgan fingerprint density at radius 2 is 2.11 bits per heavy atom. The second-order valence-corrected chi connectivity index (χ2v) is 7.87. The summed E-state index contributed by atoms with van der Waals surface area (Å²) < 4.78 is 0. The fourth-order valence-electron chi connectivity index (χ4n) is 4.55. The van der Waals surface area contributed by atoms with E-state index >= 15 is 0 Å². The van der Waals surface area contributed by atoms with Crippen molar-refractivity contribution in [2.45, 2.75) is 84.7 Å². The third-order valence-electron chi connectivity index (χ3n) is 5.70. The van der Waals surface area contributed by atoms with Gasteiger partial charge in [0.05, 0.1) is 5.60 Å². The van der Waals surface area contributed by atoms with Gasteiger partial charge in [-0.05, 0) is 69.6 Å². The predicted molar refractivity (Wildman–Crippen MR) is 82.1 cm³/mol. The van der Waals surface area contributed by atoms with Gasteiger partial charge in [-0.2, -0.15) is 0 Å². The minimum Gasteiger partial charge on any atom is -0.390 e. The second-order valence-electron chi connectivity index (χ2n) is 7.87. The van der Waals surface area contributed by atoms with E-state index in [2.05, 4.69) is 19.9 Å². The predicted octanol–water partition coefficient (Wildman–Crippen LogP) is 5.09. The number of fused-ring (bicyclic) bond motifs is 1. The summed E-state index contributed by atoms with van der Waals surface area (Å²) in [5.74, 6) is 1.85. The summed E-state index contributed by atoms with van der Waals surface area (Å²) in [6.07, 6.45) is 12.7. The van der Waals surface area contributed by atoms with Crippen LogP contribution in [-0.4, -0.2) is 10.7 Å². The monoisotopic (exact) mass is 264 g/mol. The molecular formula is C18H32O. The van der Waals surface area contributed by atoms with E-state index in [1.165, 1.54) is 32.1 Å². The Bertz CT molecular complexity index is 336. The molecule has 0 aromatic heterocycles. The maximum atomic E-state index is 9.76. The molecule has 2 aliphatic rings. The van der Waals surface area contributed by atoms with Crippen molar-refractivity contribution < 1.29 is 5.11 Å². The summed E-state index contributed by atoms with van der Waals surface area (Å²) in [6, 6.07) is 0. The molecule has 110 valence electrons. The minimum atomic E-state index is -0.500. The Labute approximate surface area is 119 Å². The molecule has 2 fully saturated rings. The molecule has 2 aliphatic carbocycles. The summed E-state index contributed by atoms with van der Waals surface area (Å²) in [6.45, 7) is 8.80. The van der Waals surface area contributed by atoms with Gasteiger partial charge in [-0.15, -0.1) is 0 Å². The van der Waals surface area contributed by atoms with Crippen molar-refractivity contribution >= 4 is 0 Å². The third kappa shape index (κ3) is 3.42. The Morgan fingerprint density at radius 3 is 2.79 bits per heavy atom. The largest absolute Gasteiger partial charge is 0.390 e. The van der Waals surface area contributed by atoms with E-state index in [0.29, 0.717) is 5.41 Å². The Hall–Kier alpha value is -0.300. The van der Waals surface area contributed by atoms with Crippen molar-refractivity contribution in [3.05, 3.63) is 11.6 Å². The summed E-state index contributed by atoms with van der Waals surface area (Å²) in [5.41, 5.74) is 1.74. The molecular weight excluding hydrogens is 232 g/mol. The van der Waals surface area contributed by atoms with E-state index in [-0.39, 0.29) is 0 Å². The van der Waals surface area contributed by atoms with Crippen LogP contribution in [0, 0.1) is 17.3 Å². The standard InChI is InChI=1S/C18H32O/c1-14-8-7-13-18(4)15(10-11-16(14)18)9-5-6-12-17(2,3)19/h9,14,16,19H,5-8,10-13H2,1-4H3. The first-order chi connectivity index (χ1) is 8.83. The van der Waals surface area contributed by atoms with Gasteiger partial charge < -0.3 is 5.11 Å². The molecule has 0 amide bonds. The molecule has 19 heavy (non-hydrogen) atoms. The summed E-state index contributed by atoms with van der Waals surface area (Å²) >= 11 is 0. The van der Waals surface area contributed by atoms with Crippen molar-refractivity contribution in [2.24, 2.45) is 17.3 Å². The van der Waals surface area contributed by atoms with Crippen LogP contribution in [0.1, 0.15) is 79.1 Å². The molecule has 0 bridgehead atoms. The van der Waals surface area contributed by atoms with Gasteiger partial charge in [-0.1, -0.05) is 38.3 Å². The number of rotatable bonds is 4. The van der Waals surface area contributed by atoms with Gasteiger partial charge >= 0.3 is 0 Å². The molecule has 0 aromatic carbocycles. The second kappa shape index (κ2) is 5.60. The summed E-state index contributed by atoms with van der Waals surface area (Å²) in [7, 11) is 0. The lowest BCUT2D eigenvalue weighted by Crippen LogP contribution is -2.32. The lowest BCUT2D eigenvalue weighted by atomic mass is 9.63. The van der Waals surface area contributed by atoms with Crippen LogP contribution >= 0.6 is 0 Å². The molecule has 3 atom stereocenters. The molecule has 3 unspecified atom stereocenters. The normalized spacial score (nSPS) is 37.6. The van der Waals surface area contributed by atoms with Crippen LogP contribution in [-0.2, 0) is 0 Å². The van der Waals surface area contributed by atoms with Crippen molar-refractivity contribution in [3.8, 4) is 0 Å². The highest BCUT2D eigenvalue weighted by molar-refractivity contribution is 5.22. The van der Waals surface area contributed by atoms with Gasteiger partial charge in [0, 0.05) is 0 Å². The van der Waals surface area contributed by atoms with Crippen molar-refractivity contribution in [1.82, 2.24) is 0 Å². The quantitative estimate of drug-likeness (QED) is 0.554. The molecule has 1 nitrogen and oxygen atoms in total. The molecule has 0 radical (unpaired) electrons. The van der Waals surface area contributed by atoms with E-state index in [9.17, 15) is 5.11 Å². The number of unbranched alkanes of at least 4 members (excludes halogenated alkanes) is 1. The molecule has 1 N–H and O–H groups in total. The molecule has 0 spiro atoms. The van der Waals surface area contributed by atoms with E-state index < -0.39 is 5.60 Å². The lowest BCUT2D eigenvalue weighted by Gasteiger charge is -2.41. The number of aliphatic hydroxyl groups is 1. The molecule has 0 aromatic rings. The topological polar surface area (TPSA) is 20.2 Å². The Balaban J connectivity index is 1.94. The van der Waals surface area contributed by atoms with Crippen LogP contribution in [0.4, 0.5) is 0 Å². The van der Waals surface area contributed by atoms with Gasteiger partial charge in [-0.3, -0.25) is 0 Å². The first kappa shape index (κ1) is 15.1. The first-order valence-corrected chi connectivity index (χ1v) is 8.25. The highest BCUT2D eigenvalue weighted by Gasteiger charge is 2.46. The molecule has 2 rings (SSSR count). The zero-order chi connectivity index (χ0) is 14.1. The van der Waals surface area contributed by atoms with E-state index in [4.69, 9.17) is 0 Å². The highest BCUT2D eigenvalue weighted by atomic mass is 16.3. The molecule has 0 saturated heterocycles. The van der Waals surface area contributed by atoms with Crippen molar-refractivity contribution in [2.75, 3.05) is 0 Å². The van der Waals surface area contributed by atoms with Gasteiger partial charge in [-0.25, -0.2) is 0 Å². The van der Waals surface area contributed by atoms with Gasteiger partial charge in [0.2, 0.25) is 0 Å². The van der Waals surface area contributed by atoms with Crippen LogP contribution in [0.2, 0.25) is 0 Å². The Morgan fingerprint density at radius 1 is 1.37 bits per heavy atom. The maximum absolute atomic E-state index is 9.76. The molecule has 2 saturated carbocycles. The summed E-state index contributed by atoms with van der Waals surface area (Å²) in [5, 5.41) is 9.76. The van der Waals surface area contributed by atoms with Crippen LogP contribution in [0.25, 0.3) is 0 Å².